The minimum Gasteiger partial charge on any atom is -0.465 e. The van der Waals surface area contributed by atoms with Gasteiger partial charge in [-0.2, -0.15) is 0 Å². The molecule has 258 valence electrons. The number of esters is 1. The first-order chi connectivity index (χ1) is 24.4. The molecule has 4 atom stereocenters. The Bertz CT molecular complexity index is 1810. The molecule has 0 saturated carbocycles. The standard InChI is InChI=1S/C39H39N3O7S/c1-3-46-33(44)22-40-38(45)41-31-16-10-15-30(21-31)37-47-32(25(2)35(48-37)29-19-17-26(23-43)18-20-29)24-50-39-42-34(27-11-6-4-7-12-27)36(49-39)28-13-8-5-9-14-28/h4-21,25,32,35,37,43H,3,22-24H2,1-2H3,(H2,40,41,45). The number of carbonyl (C=O) groups excluding carboxylic acids is 2. The number of hydrogen-bond donors (Lipinski definition) is 3. The van der Waals surface area contributed by atoms with E-state index < -0.39 is 18.3 Å². The third kappa shape index (κ3) is 8.61. The third-order valence-electron chi connectivity index (χ3n) is 8.30. The Hall–Kier alpha value is -4.94. The van der Waals surface area contributed by atoms with Gasteiger partial charge in [0.15, 0.2) is 12.1 Å². The normalized spacial score (nSPS) is 18.7. The van der Waals surface area contributed by atoms with Gasteiger partial charge in [-0.1, -0.05) is 116 Å². The average Bonchev–Trinajstić information content (AvgIpc) is 3.59. The number of hydrogen-bond acceptors (Lipinski definition) is 9. The molecule has 1 saturated heterocycles. The maximum Gasteiger partial charge on any atom is 0.325 e. The number of aliphatic hydroxyl groups excluding tert-OH is 1. The Kier molecular flexibility index (Phi) is 11.6. The fraction of sp³-hybridized carbons (Fsp3) is 0.256. The fourth-order valence-electron chi connectivity index (χ4n) is 5.71. The van der Waals surface area contributed by atoms with Crippen LogP contribution in [-0.4, -0.2) is 47.1 Å². The molecule has 1 fully saturated rings. The Balaban J connectivity index is 1.23. The van der Waals surface area contributed by atoms with E-state index in [1.807, 2.05) is 91.0 Å². The Morgan fingerprint density at radius 2 is 1.60 bits per heavy atom. The van der Waals surface area contributed by atoms with Crippen LogP contribution in [0.2, 0.25) is 0 Å². The van der Waals surface area contributed by atoms with Crippen molar-refractivity contribution in [3.05, 3.63) is 126 Å². The number of carbonyl (C=O) groups is 2. The van der Waals surface area contributed by atoms with E-state index in [9.17, 15) is 14.7 Å². The van der Waals surface area contributed by atoms with Gasteiger partial charge in [0, 0.05) is 34.0 Å². The van der Waals surface area contributed by atoms with Gasteiger partial charge < -0.3 is 34.4 Å². The number of anilines is 1. The summed E-state index contributed by atoms with van der Waals surface area (Å²) in [5, 5.41) is 15.4. The number of aromatic nitrogens is 1. The number of benzene rings is 4. The summed E-state index contributed by atoms with van der Waals surface area (Å²) in [5.74, 6) is 0.652. The van der Waals surface area contributed by atoms with Crippen LogP contribution in [0.3, 0.4) is 0 Å². The molecule has 0 radical (unpaired) electrons. The SMILES string of the molecule is CCOC(=O)CNC(=O)Nc1cccc(C2OC(CSc3nc(-c4ccccc4)c(-c4ccccc4)o3)C(C)C(c3ccc(CO)cc3)O2)c1. The zero-order valence-electron chi connectivity index (χ0n) is 27.8. The molecule has 1 aliphatic heterocycles. The molecule has 2 heterocycles. The van der Waals surface area contributed by atoms with Crippen molar-refractivity contribution in [3.8, 4) is 22.6 Å². The molecule has 0 spiro atoms. The lowest BCUT2D eigenvalue weighted by molar-refractivity contribution is -0.268. The second-order valence-corrected chi connectivity index (χ2v) is 12.7. The smallest absolute Gasteiger partial charge is 0.325 e. The molecular formula is C39H39N3O7S. The molecule has 1 aliphatic rings. The summed E-state index contributed by atoms with van der Waals surface area (Å²) in [6, 6.07) is 34.3. The highest BCUT2D eigenvalue weighted by Crippen LogP contribution is 2.44. The van der Waals surface area contributed by atoms with E-state index in [2.05, 4.69) is 17.6 Å². The summed E-state index contributed by atoms with van der Waals surface area (Å²) >= 11 is 1.48. The van der Waals surface area contributed by atoms with E-state index in [-0.39, 0.29) is 37.9 Å². The van der Waals surface area contributed by atoms with Gasteiger partial charge in [0.2, 0.25) is 0 Å². The zero-order chi connectivity index (χ0) is 34.9. The average molecular weight is 694 g/mol. The van der Waals surface area contributed by atoms with Crippen LogP contribution in [-0.2, 0) is 25.6 Å². The summed E-state index contributed by atoms with van der Waals surface area (Å²) in [6.45, 7) is 3.74. The number of urea groups is 1. The monoisotopic (exact) mass is 693 g/mol. The highest BCUT2D eigenvalue weighted by Gasteiger charge is 2.39. The zero-order valence-corrected chi connectivity index (χ0v) is 28.6. The van der Waals surface area contributed by atoms with E-state index in [1.54, 1.807) is 25.1 Å². The minimum atomic E-state index is -0.756. The Morgan fingerprint density at radius 1 is 0.880 bits per heavy atom. The predicted octanol–water partition coefficient (Wildman–Crippen LogP) is 7.77. The van der Waals surface area contributed by atoms with Gasteiger partial charge in [-0.3, -0.25) is 4.79 Å². The summed E-state index contributed by atoms with van der Waals surface area (Å²) in [4.78, 5) is 29.1. The number of ether oxygens (including phenoxy) is 3. The maximum atomic E-state index is 12.5. The largest absolute Gasteiger partial charge is 0.465 e. The fourth-order valence-corrected chi connectivity index (χ4v) is 6.69. The summed E-state index contributed by atoms with van der Waals surface area (Å²) < 4.78 is 24.5. The number of amides is 2. The highest BCUT2D eigenvalue weighted by molar-refractivity contribution is 7.99. The first kappa shape index (κ1) is 34.9. The number of rotatable bonds is 12. The molecule has 4 unspecified atom stereocenters. The van der Waals surface area contributed by atoms with Gasteiger partial charge in [-0.15, -0.1) is 0 Å². The first-order valence-corrected chi connectivity index (χ1v) is 17.5. The van der Waals surface area contributed by atoms with Crippen LogP contribution in [0.1, 0.15) is 42.9 Å². The van der Waals surface area contributed by atoms with E-state index in [0.717, 1.165) is 27.9 Å². The summed E-state index contributed by atoms with van der Waals surface area (Å²) in [5.41, 5.74) is 5.66. The molecule has 50 heavy (non-hydrogen) atoms. The molecule has 4 aromatic carbocycles. The number of aliphatic hydroxyl groups is 1. The van der Waals surface area contributed by atoms with Gasteiger partial charge >= 0.3 is 12.0 Å². The van der Waals surface area contributed by atoms with Crippen LogP contribution in [0.5, 0.6) is 0 Å². The van der Waals surface area contributed by atoms with Gasteiger partial charge in [-0.05, 0) is 30.2 Å². The molecule has 6 rings (SSSR count). The lowest BCUT2D eigenvalue weighted by Gasteiger charge is -2.41. The molecule has 2 amide bonds. The van der Waals surface area contributed by atoms with Crippen molar-refractivity contribution in [3.63, 3.8) is 0 Å². The van der Waals surface area contributed by atoms with E-state index in [4.69, 9.17) is 23.6 Å². The maximum absolute atomic E-state index is 12.5. The summed E-state index contributed by atoms with van der Waals surface area (Å²) in [6.07, 6.45) is -1.37. The molecule has 5 aromatic rings. The van der Waals surface area contributed by atoms with Gasteiger partial charge in [-0.25, -0.2) is 9.78 Å². The van der Waals surface area contributed by atoms with Crippen LogP contribution >= 0.6 is 11.8 Å². The lowest BCUT2D eigenvalue weighted by Crippen LogP contribution is -2.38. The van der Waals surface area contributed by atoms with Crippen molar-refractivity contribution in [2.75, 3.05) is 24.2 Å². The summed E-state index contributed by atoms with van der Waals surface area (Å²) in [7, 11) is 0. The van der Waals surface area contributed by atoms with E-state index >= 15 is 0 Å². The van der Waals surface area contributed by atoms with Crippen molar-refractivity contribution < 1.29 is 33.3 Å². The van der Waals surface area contributed by atoms with Gasteiger partial charge in [0.1, 0.15) is 12.2 Å². The van der Waals surface area contributed by atoms with Crippen LogP contribution in [0.15, 0.2) is 119 Å². The lowest BCUT2D eigenvalue weighted by atomic mass is 9.91. The number of thioether (sulfide) groups is 1. The van der Waals surface area contributed by atoms with Crippen LogP contribution in [0, 0.1) is 5.92 Å². The van der Waals surface area contributed by atoms with Crippen LogP contribution < -0.4 is 10.6 Å². The van der Waals surface area contributed by atoms with Crippen molar-refractivity contribution in [2.45, 2.75) is 44.2 Å². The van der Waals surface area contributed by atoms with Crippen LogP contribution in [0.25, 0.3) is 22.6 Å². The molecule has 3 N–H and O–H groups in total. The Morgan fingerprint density at radius 3 is 2.30 bits per heavy atom. The van der Waals surface area contributed by atoms with Crippen LogP contribution in [0.4, 0.5) is 10.5 Å². The topological polar surface area (TPSA) is 132 Å². The number of oxazole rings is 1. The van der Waals surface area contributed by atoms with Gasteiger partial charge in [0.05, 0.1) is 25.4 Å². The number of nitrogens with zero attached hydrogens (tertiary/aromatic N) is 1. The molecule has 0 aliphatic carbocycles. The van der Waals surface area contributed by atoms with Crippen molar-refractivity contribution >= 4 is 29.4 Å². The van der Waals surface area contributed by atoms with E-state index in [0.29, 0.717) is 28.0 Å². The first-order valence-electron chi connectivity index (χ1n) is 16.5. The van der Waals surface area contributed by atoms with Crippen molar-refractivity contribution in [1.29, 1.82) is 0 Å². The molecule has 10 nitrogen and oxygen atoms in total. The molecular weight excluding hydrogens is 655 g/mol. The quantitative estimate of drug-likeness (QED) is 0.0886. The van der Waals surface area contributed by atoms with Crippen molar-refractivity contribution in [2.24, 2.45) is 5.92 Å². The highest BCUT2D eigenvalue weighted by atomic mass is 32.2. The third-order valence-corrected chi connectivity index (χ3v) is 9.22. The molecule has 1 aromatic heterocycles. The minimum absolute atomic E-state index is 0.0500. The van der Waals surface area contributed by atoms with Gasteiger partial charge in [0.25, 0.3) is 5.22 Å². The van der Waals surface area contributed by atoms with Crippen molar-refractivity contribution in [1.82, 2.24) is 10.3 Å². The Labute approximate surface area is 295 Å². The van der Waals surface area contributed by atoms with E-state index in [1.165, 1.54) is 11.8 Å². The number of nitrogens with one attached hydrogen (secondary N) is 2. The second kappa shape index (κ2) is 16.6. The molecule has 11 heteroatoms. The second-order valence-electron chi connectivity index (χ2n) is 11.8. The predicted molar refractivity (Wildman–Crippen MR) is 191 cm³/mol. The molecule has 0 bridgehead atoms.